The zero-order valence-electron chi connectivity index (χ0n) is 24.9. The molecular weight excluding hydrogens is 544 g/mol. The molecule has 0 amide bonds. The predicted molar refractivity (Wildman–Crippen MR) is 176 cm³/mol. The standard InChI is InChI=1S/C38H34N4O2/c1-25-8-13-29(14-9-25)38(42-32-16-10-27-6-4-18-39-34(27)20-32)24-44-36(38)33-17-12-28-11-15-31(21-35(28)40-33)41-37(22-43-23-37)30-7-3-5-26(2)19-30/h3-21,36,41-42H,22-24H2,1-2H3. The maximum atomic E-state index is 6.36. The molecule has 0 bridgehead atoms. The van der Waals surface area contributed by atoms with Crippen molar-refractivity contribution < 1.29 is 9.47 Å². The van der Waals surface area contributed by atoms with Crippen LogP contribution in [0.5, 0.6) is 0 Å². The van der Waals surface area contributed by atoms with Gasteiger partial charge in [-0.05, 0) is 61.4 Å². The summed E-state index contributed by atoms with van der Waals surface area (Å²) in [7, 11) is 0. The van der Waals surface area contributed by atoms with Crippen molar-refractivity contribution in [1.82, 2.24) is 9.97 Å². The van der Waals surface area contributed by atoms with Gasteiger partial charge in [0.05, 0.1) is 36.5 Å². The molecule has 44 heavy (non-hydrogen) atoms. The molecule has 6 nitrogen and oxygen atoms in total. The third-order valence-electron chi connectivity index (χ3n) is 9.10. The Morgan fingerprint density at radius 1 is 0.659 bits per heavy atom. The van der Waals surface area contributed by atoms with E-state index < -0.39 is 5.54 Å². The van der Waals surface area contributed by atoms with Crippen LogP contribution in [0.3, 0.4) is 0 Å². The maximum absolute atomic E-state index is 6.36. The molecule has 0 saturated carbocycles. The average Bonchev–Trinajstić information content (AvgIpc) is 3.01. The molecule has 2 aromatic heterocycles. The summed E-state index contributed by atoms with van der Waals surface area (Å²) in [6.07, 6.45) is 1.56. The number of ether oxygens (including phenoxy) is 2. The van der Waals surface area contributed by atoms with Crippen LogP contribution in [-0.4, -0.2) is 29.8 Å². The van der Waals surface area contributed by atoms with Crippen molar-refractivity contribution in [2.45, 2.75) is 31.0 Å². The summed E-state index contributed by atoms with van der Waals surface area (Å²) >= 11 is 0. The smallest absolute Gasteiger partial charge is 0.129 e. The summed E-state index contributed by atoms with van der Waals surface area (Å²) < 4.78 is 12.1. The van der Waals surface area contributed by atoms with Crippen molar-refractivity contribution in [3.05, 3.63) is 143 Å². The van der Waals surface area contributed by atoms with E-state index in [0.717, 1.165) is 38.9 Å². The minimum absolute atomic E-state index is 0.242. The van der Waals surface area contributed by atoms with E-state index in [1.165, 1.54) is 22.3 Å². The number of pyridine rings is 2. The SMILES string of the molecule is Cc1ccc(C2(Nc3ccc4cccnc4c3)COC2c2ccc3ccc(NC4(c5cccc(C)c5)COC4)cc3n2)cc1. The largest absolute Gasteiger partial charge is 0.376 e. The number of hydrogen-bond donors (Lipinski definition) is 2. The van der Waals surface area contributed by atoms with Gasteiger partial charge in [-0.3, -0.25) is 4.98 Å². The molecule has 2 aliphatic rings. The second-order valence-corrected chi connectivity index (χ2v) is 12.3. The van der Waals surface area contributed by atoms with E-state index in [9.17, 15) is 0 Å². The van der Waals surface area contributed by atoms with Gasteiger partial charge in [0.2, 0.25) is 0 Å². The van der Waals surface area contributed by atoms with Gasteiger partial charge in [-0.2, -0.15) is 0 Å². The Morgan fingerprint density at radius 2 is 1.41 bits per heavy atom. The second kappa shape index (κ2) is 10.4. The number of benzene rings is 4. The maximum Gasteiger partial charge on any atom is 0.129 e. The minimum Gasteiger partial charge on any atom is -0.376 e. The van der Waals surface area contributed by atoms with Gasteiger partial charge in [-0.15, -0.1) is 0 Å². The fraction of sp³-hybridized carbons (Fsp3) is 0.211. The summed E-state index contributed by atoms with van der Waals surface area (Å²) in [5.41, 5.74) is 8.95. The Morgan fingerprint density at radius 3 is 2.14 bits per heavy atom. The number of nitrogens with zero attached hydrogens (tertiary/aromatic N) is 2. The Bertz CT molecular complexity index is 2000. The number of aromatic nitrogens is 2. The third-order valence-corrected chi connectivity index (χ3v) is 9.10. The van der Waals surface area contributed by atoms with Gasteiger partial charge in [-0.1, -0.05) is 83.9 Å². The van der Waals surface area contributed by atoms with Crippen LogP contribution >= 0.6 is 0 Å². The molecule has 2 fully saturated rings. The fourth-order valence-electron chi connectivity index (χ4n) is 6.53. The molecule has 8 rings (SSSR count). The van der Waals surface area contributed by atoms with Gasteiger partial charge >= 0.3 is 0 Å². The quantitative estimate of drug-likeness (QED) is 0.201. The van der Waals surface area contributed by atoms with Crippen molar-refractivity contribution in [3.63, 3.8) is 0 Å². The number of fused-ring (bicyclic) bond motifs is 2. The average molecular weight is 579 g/mol. The topological polar surface area (TPSA) is 68.3 Å². The molecule has 2 N–H and O–H groups in total. The van der Waals surface area contributed by atoms with E-state index in [2.05, 4.69) is 133 Å². The molecule has 0 aliphatic carbocycles. The van der Waals surface area contributed by atoms with Gasteiger partial charge in [0.25, 0.3) is 0 Å². The van der Waals surface area contributed by atoms with E-state index in [0.29, 0.717) is 19.8 Å². The van der Waals surface area contributed by atoms with Crippen LogP contribution in [0.1, 0.15) is 34.1 Å². The molecule has 2 atom stereocenters. The summed E-state index contributed by atoms with van der Waals surface area (Å²) in [4.78, 5) is 9.78. The third kappa shape index (κ3) is 4.58. The lowest BCUT2D eigenvalue weighted by molar-refractivity contribution is -0.132. The Balaban J connectivity index is 1.15. The zero-order chi connectivity index (χ0) is 29.7. The molecule has 2 aliphatic heterocycles. The lowest BCUT2D eigenvalue weighted by atomic mass is 9.78. The van der Waals surface area contributed by atoms with Crippen molar-refractivity contribution in [2.24, 2.45) is 0 Å². The number of hydrogen-bond acceptors (Lipinski definition) is 6. The number of nitrogens with one attached hydrogen (secondary N) is 2. The van der Waals surface area contributed by atoms with Crippen LogP contribution in [0.4, 0.5) is 11.4 Å². The highest BCUT2D eigenvalue weighted by Crippen LogP contribution is 2.49. The van der Waals surface area contributed by atoms with Crippen molar-refractivity contribution in [2.75, 3.05) is 30.5 Å². The molecule has 0 radical (unpaired) electrons. The predicted octanol–water partition coefficient (Wildman–Crippen LogP) is 7.82. The Hall–Kier alpha value is -4.78. The second-order valence-electron chi connectivity index (χ2n) is 12.3. The highest BCUT2D eigenvalue weighted by Gasteiger charge is 2.51. The van der Waals surface area contributed by atoms with Gasteiger partial charge in [0, 0.05) is 28.3 Å². The van der Waals surface area contributed by atoms with E-state index in [4.69, 9.17) is 14.5 Å². The molecule has 0 spiro atoms. The summed E-state index contributed by atoms with van der Waals surface area (Å²) in [5, 5.41) is 9.85. The van der Waals surface area contributed by atoms with Crippen molar-refractivity contribution >= 4 is 33.2 Å². The van der Waals surface area contributed by atoms with Crippen LogP contribution < -0.4 is 10.6 Å². The first kappa shape index (κ1) is 26.8. The summed E-state index contributed by atoms with van der Waals surface area (Å²) in [6, 6.07) is 38.4. The Kier molecular flexibility index (Phi) is 6.36. The molecule has 6 heteroatoms. The lowest BCUT2D eigenvalue weighted by Gasteiger charge is -2.50. The van der Waals surface area contributed by atoms with Crippen molar-refractivity contribution in [3.8, 4) is 0 Å². The van der Waals surface area contributed by atoms with E-state index in [-0.39, 0.29) is 11.6 Å². The van der Waals surface area contributed by atoms with Gasteiger partial charge in [-0.25, -0.2) is 4.98 Å². The van der Waals surface area contributed by atoms with Crippen LogP contribution in [0, 0.1) is 13.8 Å². The van der Waals surface area contributed by atoms with Crippen LogP contribution in [0.2, 0.25) is 0 Å². The van der Waals surface area contributed by atoms with Crippen molar-refractivity contribution in [1.29, 1.82) is 0 Å². The highest BCUT2D eigenvalue weighted by atomic mass is 16.5. The van der Waals surface area contributed by atoms with E-state index in [1.54, 1.807) is 0 Å². The van der Waals surface area contributed by atoms with Crippen LogP contribution in [0.25, 0.3) is 21.8 Å². The molecule has 2 saturated heterocycles. The number of anilines is 2. The Labute approximate surface area is 257 Å². The van der Waals surface area contributed by atoms with Crippen LogP contribution in [0.15, 0.2) is 115 Å². The molecule has 4 heterocycles. The van der Waals surface area contributed by atoms with Gasteiger partial charge in [0.15, 0.2) is 0 Å². The first-order valence-corrected chi connectivity index (χ1v) is 15.2. The first-order valence-electron chi connectivity index (χ1n) is 15.2. The van der Waals surface area contributed by atoms with E-state index >= 15 is 0 Å². The molecule has 4 aromatic carbocycles. The van der Waals surface area contributed by atoms with Crippen LogP contribution in [-0.2, 0) is 20.6 Å². The lowest BCUT2D eigenvalue weighted by Crippen LogP contribution is -2.55. The van der Waals surface area contributed by atoms with Gasteiger partial charge in [0.1, 0.15) is 17.2 Å². The molecule has 218 valence electrons. The van der Waals surface area contributed by atoms with E-state index in [1.807, 2.05) is 12.3 Å². The highest BCUT2D eigenvalue weighted by molar-refractivity contribution is 5.83. The number of rotatable bonds is 7. The summed E-state index contributed by atoms with van der Waals surface area (Å²) in [5.74, 6) is 0. The molecular formula is C38H34N4O2. The fourth-order valence-corrected chi connectivity index (χ4v) is 6.53. The number of aryl methyl sites for hydroxylation is 2. The summed E-state index contributed by atoms with van der Waals surface area (Å²) in [6.45, 7) is 6.03. The van der Waals surface area contributed by atoms with Gasteiger partial charge < -0.3 is 20.1 Å². The monoisotopic (exact) mass is 578 g/mol. The first-order chi connectivity index (χ1) is 21.5. The zero-order valence-corrected chi connectivity index (χ0v) is 24.9. The molecule has 6 aromatic rings. The molecule has 2 unspecified atom stereocenters. The minimum atomic E-state index is -0.481. The normalized spacial score (nSPS) is 20.5.